The molecule has 1 fully saturated rings. The van der Waals surface area contributed by atoms with Gasteiger partial charge in [0.1, 0.15) is 5.82 Å². The summed E-state index contributed by atoms with van der Waals surface area (Å²) in [5.41, 5.74) is 0.387. The standard InChI is InChI=1S/C19H27FN4O/c1-2-16-14-22(11-13-24-9-5-8-21-24)10-12-23(16)15-19(25)17-6-3-4-7-18(17)20/h3-9,16,19,25H,2,10-15H2,1H3/t16-,19-/m0/s1. The van der Waals surface area contributed by atoms with Crippen LogP contribution in [0.2, 0.25) is 0 Å². The molecular formula is C19H27FN4O. The Bertz CT molecular complexity index is 649. The Balaban J connectivity index is 1.54. The van der Waals surface area contributed by atoms with Crippen molar-refractivity contribution in [2.75, 3.05) is 32.7 Å². The van der Waals surface area contributed by atoms with Crippen molar-refractivity contribution in [1.82, 2.24) is 19.6 Å². The highest BCUT2D eigenvalue weighted by molar-refractivity contribution is 5.20. The number of halogens is 1. The summed E-state index contributed by atoms with van der Waals surface area (Å²) in [6.07, 6.45) is 4.02. The summed E-state index contributed by atoms with van der Waals surface area (Å²) in [5.74, 6) is -0.332. The van der Waals surface area contributed by atoms with Crippen molar-refractivity contribution in [3.8, 4) is 0 Å². The number of aliphatic hydroxyl groups excluding tert-OH is 1. The smallest absolute Gasteiger partial charge is 0.129 e. The lowest BCUT2D eigenvalue weighted by Gasteiger charge is -2.42. The maximum atomic E-state index is 13.9. The molecule has 0 bridgehead atoms. The van der Waals surface area contributed by atoms with Gasteiger partial charge >= 0.3 is 0 Å². The predicted octanol–water partition coefficient (Wildman–Crippen LogP) is 2.15. The van der Waals surface area contributed by atoms with E-state index >= 15 is 0 Å². The minimum atomic E-state index is -0.786. The van der Waals surface area contributed by atoms with Crippen LogP contribution in [0.5, 0.6) is 0 Å². The first-order chi connectivity index (χ1) is 12.2. The SMILES string of the molecule is CC[C@H]1CN(CCn2cccn2)CCN1C[C@H](O)c1ccccc1F. The van der Waals surface area contributed by atoms with Crippen LogP contribution in [0.25, 0.3) is 0 Å². The molecule has 2 atom stereocenters. The first-order valence-corrected chi connectivity index (χ1v) is 9.03. The molecule has 6 heteroatoms. The van der Waals surface area contributed by atoms with E-state index in [4.69, 9.17) is 0 Å². The molecule has 0 saturated carbocycles. The lowest BCUT2D eigenvalue weighted by molar-refractivity contribution is 0.0285. The Labute approximate surface area is 148 Å². The van der Waals surface area contributed by atoms with Gasteiger partial charge in [0.05, 0.1) is 12.6 Å². The normalized spacial score (nSPS) is 20.7. The molecule has 3 rings (SSSR count). The van der Waals surface area contributed by atoms with Gasteiger partial charge in [-0.3, -0.25) is 14.5 Å². The van der Waals surface area contributed by atoms with Crippen molar-refractivity contribution in [3.05, 3.63) is 54.1 Å². The van der Waals surface area contributed by atoms with Crippen LogP contribution in [0.1, 0.15) is 25.0 Å². The number of aliphatic hydroxyl groups is 1. The zero-order valence-electron chi connectivity index (χ0n) is 14.8. The molecule has 0 aliphatic carbocycles. The van der Waals surface area contributed by atoms with Gasteiger partial charge in [-0.1, -0.05) is 25.1 Å². The maximum Gasteiger partial charge on any atom is 0.129 e. The minimum Gasteiger partial charge on any atom is -0.387 e. The van der Waals surface area contributed by atoms with Gasteiger partial charge < -0.3 is 5.11 Å². The summed E-state index contributed by atoms with van der Waals surface area (Å²) in [6.45, 7) is 7.34. The Morgan fingerprint density at radius 3 is 2.80 bits per heavy atom. The van der Waals surface area contributed by atoms with Crippen molar-refractivity contribution in [2.24, 2.45) is 0 Å². The lowest BCUT2D eigenvalue weighted by Crippen LogP contribution is -2.54. The van der Waals surface area contributed by atoms with Crippen LogP contribution in [0.4, 0.5) is 4.39 Å². The van der Waals surface area contributed by atoms with Crippen molar-refractivity contribution >= 4 is 0 Å². The highest BCUT2D eigenvalue weighted by Gasteiger charge is 2.28. The van der Waals surface area contributed by atoms with Gasteiger partial charge in [0.15, 0.2) is 0 Å². The predicted molar refractivity (Wildman–Crippen MR) is 95.7 cm³/mol. The molecule has 136 valence electrons. The van der Waals surface area contributed by atoms with Crippen LogP contribution in [0, 0.1) is 5.82 Å². The maximum absolute atomic E-state index is 13.9. The van der Waals surface area contributed by atoms with Crippen LogP contribution in [-0.2, 0) is 6.54 Å². The number of aromatic nitrogens is 2. The molecule has 0 spiro atoms. The van der Waals surface area contributed by atoms with Crippen molar-refractivity contribution < 1.29 is 9.50 Å². The highest BCUT2D eigenvalue weighted by Crippen LogP contribution is 2.21. The van der Waals surface area contributed by atoms with E-state index in [1.807, 2.05) is 16.9 Å². The Kier molecular flexibility index (Phi) is 6.18. The molecule has 1 aliphatic heterocycles. The zero-order valence-corrected chi connectivity index (χ0v) is 14.8. The number of hydrogen-bond donors (Lipinski definition) is 1. The molecule has 1 N–H and O–H groups in total. The molecule has 0 radical (unpaired) electrons. The fourth-order valence-corrected chi connectivity index (χ4v) is 3.53. The van der Waals surface area contributed by atoms with E-state index in [1.54, 1.807) is 24.4 Å². The molecule has 2 aromatic rings. The van der Waals surface area contributed by atoms with Crippen LogP contribution >= 0.6 is 0 Å². The summed E-state index contributed by atoms with van der Waals surface area (Å²) >= 11 is 0. The van der Waals surface area contributed by atoms with Gasteiger partial charge in [-0.05, 0) is 18.6 Å². The largest absolute Gasteiger partial charge is 0.387 e. The zero-order chi connectivity index (χ0) is 17.6. The first-order valence-electron chi connectivity index (χ1n) is 9.03. The van der Waals surface area contributed by atoms with Crippen molar-refractivity contribution in [1.29, 1.82) is 0 Å². The molecule has 5 nitrogen and oxygen atoms in total. The quantitative estimate of drug-likeness (QED) is 0.834. The lowest BCUT2D eigenvalue weighted by atomic mass is 10.0. The van der Waals surface area contributed by atoms with Gasteiger partial charge in [0.25, 0.3) is 0 Å². The molecule has 0 unspecified atom stereocenters. The molecule has 2 heterocycles. The number of piperazine rings is 1. The average molecular weight is 346 g/mol. The van der Waals surface area contributed by atoms with Gasteiger partial charge in [0.2, 0.25) is 0 Å². The van der Waals surface area contributed by atoms with E-state index in [0.717, 1.165) is 39.1 Å². The summed E-state index contributed by atoms with van der Waals surface area (Å²) in [6, 6.07) is 8.82. The fourth-order valence-electron chi connectivity index (χ4n) is 3.53. The molecule has 1 aromatic heterocycles. The van der Waals surface area contributed by atoms with Crippen LogP contribution in [0.3, 0.4) is 0 Å². The van der Waals surface area contributed by atoms with E-state index in [0.29, 0.717) is 18.2 Å². The second-order valence-corrected chi connectivity index (χ2v) is 6.66. The topological polar surface area (TPSA) is 44.5 Å². The summed E-state index contributed by atoms with van der Waals surface area (Å²) < 4.78 is 15.8. The fraction of sp³-hybridized carbons (Fsp3) is 0.526. The van der Waals surface area contributed by atoms with Crippen LogP contribution in [0.15, 0.2) is 42.7 Å². The van der Waals surface area contributed by atoms with Gasteiger partial charge in [-0.25, -0.2) is 4.39 Å². The third-order valence-electron chi connectivity index (χ3n) is 5.04. The first kappa shape index (κ1) is 18.0. The summed E-state index contributed by atoms with van der Waals surface area (Å²) in [4.78, 5) is 4.74. The molecule has 1 aromatic carbocycles. The van der Waals surface area contributed by atoms with Crippen molar-refractivity contribution in [2.45, 2.75) is 32.0 Å². The second kappa shape index (κ2) is 8.56. The summed E-state index contributed by atoms with van der Waals surface area (Å²) in [5, 5.41) is 14.7. The number of hydrogen-bond acceptors (Lipinski definition) is 4. The van der Waals surface area contributed by atoms with E-state index in [2.05, 4.69) is 21.8 Å². The van der Waals surface area contributed by atoms with E-state index in [-0.39, 0.29) is 5.82 Å². The van der Waals surface area contributed by atoms with Crippen LogP contribution < -0.4 is 0 Å². The number of nitrogens with zero attached hydrogens (tertiary/aromatic N) is 4. The van der Waals surface area contributed by atoms with Crippen LogP contribution in [-0.4, -0.2) is 63.5 Å². The number of benzene rings is 1. The minimum absolute atomic E-state index is 0.332. The van der Waals surface area contributed by atoms with E-state index in [9.17, 15) is 9.50 Å². The van der Waals surface area contributed by atoms with E-state index in [1.165, 1.54) is 6.07 Å². The van der Waals surface area contributed by atoms with Gasteiger partial charge in [0, 0.05) is 56.7 Å². The third-order valence-corrected chi connectivity index (χ3v) is 5.04. The van der Waals surface area contributed by atoms with E-state index < -0.39 is 6.10 Å². The van der Waals surface area contributed by atoms with Gasteiger partial charge in [-0.2, -0.15) is 5.10 Å². The highest BCUT2D eigenvalue weighted by atomic mass is 19.1. The molecule has 25 heavy (non-hydrogen) atoms. The molecule has 0 amide bonds. The second-order valence-electron chi connectivity index (χ2n) is 6.66. The Hall–Kier alpha value is -1.76. The molecule has 1 aliphatic rings. The van der Waals surface area contributed by atoms with Crippen molar-refractivity contribution in [3.63, 3.8) is 0 Å². The third kappa shape index (κ3) is 4.66. The number of β-amino-alcohol motifs (C(OH)–C–C–N with tert-alkyl or cyclic N) is 1. The summed E-state index contributed by atoms with van der Waals surface area (Å²) in [7, 11) is 0. The monoisotopic (exact) mass is 346 g/mol. The molecule has 1 saturated heterocycles. The average Bonchev–Trinajstić information content (AvgIpc) is 3.14. The Morgan fingerprint density at radius 2 is 2.08 bits per heavy atom. The van der Waals surface area contributed by atoms with Gasteiger partial charge in [-0.15, -0.1) is 0 Å². The molecular weight excluding hydrogens is 319 g/mol. The Morgan fingerprint density at radius 1 is 1.24 bits per heavy atom. The number of rotatable bonds is 7.